The lowest BCUT2D eigenvalue weighted by Crippen LogP contribution is -2.27. The fourth-order valence-corrected chi connectivity index (χ4v) is 5.35. The van der Waals surface area contributed by atoms with Crippen LogP contribution in [0.3, 0.4) is 0 Å². The first-order valence-electron chi connectivity index (χ1n) is 9.77. The molecule has 1 aliphatic heterocycles. The SMILES string of the molecule is O=C1S/C(=C\c2cc(Cl)c(OCc3ccc(Cl)c(Cl)c3)c(Cl)c2)C(=O)N1Cc1ccccc1Br. The van der Waals surface area contributed by atoms with E-state index in [1.807, 2.05) is 24.3 Å². The van der Waals surface area contributed by atoms with E-state index < -0.39 is 0 Å². The van der Waals surface area contributed by atoms with Gasteiger partial charge in [-0.2, -0.15) is 0 Å². The number of thioether (sulfide) groups is 1. The molecule has 2 amide bonds. The van der Waals surface area contributed by atoms with Gasteiger partial charge in [0.05, 0.1) is 31.5 Å². The number of hydrogen-bond donors (Lipinski definition) is 0. The lowest BCUT2D eigenvalue weighted by atomic mass is 10.2. The predicted octanol–water partition coefficient (Wildman–Crippen LogP) is 8.88. The van der Waals surface area contributed by atoms with Crippen molar-refractivity contribution in [1.29, 1.82) is 0 Å². The molecule has 0 saturated carbocycles. The van der Waals surface area contributed by atoms with E-state index in [9.17, 15) is 9.59 Å². The second kappa shape index (κ2) is 10.9. The summed E-state index contributed by atoms with van der Waals surface area (Å²) in [7, 11) is 0. The van der Waals surface area contributed by atoms with Crippen LogP contribution in [0.15, 0.2) is 64.0 Å². The third kappa shape index (κ3) is 5.76. The number of halogens is 5. The highest BCUT2D eigenvalue weighted by atomic mass is 79.9. The highest BCUT2D eigenvalue weighted by Gasteiger charge is 2.35. The topological polar surface area (TPSA) is 46.6 Å². The summed E-state index contributed by atoms with van der Waals surface area (Å²) >= 11 is 29.1. The van der Waals surface area contributed by atoms with Crippen molar-refractivity contribution in [1.82, 2.24) is 4.90 Å². The lowest BCUT2D eigenvalue weighted by molar-refractivity contribution is -0.123. The maximum atomic E-state index is 12.9. The molecule has 3 aromatic rings. The first-order chi connectivity index (χ1) is 16.2. The molecule has 1 aliphatic rings. The maximum Gasteiger partial charge on any atom is 0.293 e. The number of amides is 2. The van der Waals surface area contributed by atoms with E-state index in [-0.39, 0.29) is 39.2 Å². The van der Waals surface area contributed by atoms with Crippen LogP contribution in [0, 0.1) is 0 Å². The Bertz CT molecular complexity index is 1310. The van der Waals surface area contributed by atoms with Gasteiger partial charge in [0.1, 0.15) is 6.61 Å². The quantitative estimate of drug-likeness (QED) is 0.259. The molecule has 1 saturated heterocycles. The predicted molar refractivity (Wildman–Crippen MR) is 143 cm³/mol. The molecule has 174 valence electrons. The Morgan fingerprint density at radius 1 is 0.912 bits per heavy atom. The first kappa shape index (κ1) is 25.4. The van der Waals surface area contributed by atoms with Gasteiger partial charge in [-0.05, 0) is 64.9 Å². The van der Waals surface area contributed by atoms with Crippen molar-refractivity contribution in [3.8, 4) is 5.75 Å². The molecule has 4 rings (SSSR count). The molecule has 0 N–H and O–H groups in total. The number of nitrogens with zero attached hydrogens (tertiary/aromatic N) is 1. The van der Waals surface area contributed by atoms with Gasteiger partial charge in [0, 0.05) is 4.47 Å². The molecule has 0 aromatic heterocycles. The van der Waals surface area contributed by atoms with E-state index in [1.54, 1.807) is 36.4 Å². The minimum absolute atomic E-state index is 0.173. The van der Waals surface area contributed by atoms with Crippen LogP contribution in [0.1, 0.15) is 16.7 Å². The molecule has 1 heterocycles. The Balaban J connectivity index is 1.50. The van der Waals surface area contributed by atoms with Gasteiger partial charge in [-0.15, -0.1) is 0 Å². The summed E-state index contributed by atoms with van der Waals surface area (Å²) in [6, 6.07) is 15.8. The van der Waals surface area contributed by atoms with Crippen LogP contribution in [0.5, 0.6) is 5.75 Å². The van der Waals surface area contributed by atoms with E-state index in [2.05, 4.69) is 15.9 Å². The largest absolute Gasteiger partial charge is 0.486 e. The fourth-order valence-electron chi connectivity index (χ4n) is 3.17. The third-order valence-corrected chi connectivity index (χ3v) is 7.83. The van der Waals surface area contributed by atoms with Crippen LogP contribution >= 0.6 is 74.1 Å². The number of carbonyl (C=O) groups is 2. The molecule has 10 heteroatoms. The van der Waals surface area contributed by atoms with Crippen LogP contribution in [0.2, 0.25) is 20.1 Å². The fraction of sp³-hybridized carbons (Fsp3) is 0.0833. The Hall–Kier alpha value is -1.67. The second-order valence-electron chi connectivity index (χ2n) is 7.21. The Morgan fingerprint density at radius 3 is 2.29 bits per heavy atom. The smallest absolute Gasteiger partial charge is 0.293 e. The Kier molecular flexibility index (Phi) is 8.18. The van der Waals surface area contributed by atoms with Crippen molar-refractivity contribution in [2.45, 2.75) is 13.2 Å². The molecular weight excluding hydrogens is 604 g/mol. The number of imide groups is 1. The molecule has 34 heavy (non-hydrogen) atoms. The summed E-state index contributed by atoms with van der Waals surface area (Å²) in [6.07, 6.45) is 1.59. The highest BCUT2D eigenvalue weighted by Crippen LogP contribution is 2.38. The van der Waals surface area contributed by atoms with Gasteiger partial charge < -0.3 is 4.74 Å². The number of carbonyl (C=O) groups excluding carboxylic acids is 2. The normalized spacial score (nSPS) is 14.9. The van der Waals surface area contributed by atoms with Crippen molar-refractivity contribution >= 4 is 91.3 Å². The van der Waals surface area contributed by atoms with Gasteiger partial charge in [-0.3, -0.25) is 14.5 Å². The molecule has 0 unspecified atom stereocenters. The average Bonchev–Trinajstić information content (AvgIpc) is 3.04. The number of benzene rings is 3. The summed E-state index contributed by atoms with van der Waals surface area (Å²) in [5.41, 5.74) is 2.20. The minimum atomic E-state index is -0.377. The molecule has 0 radical (unpaired) electrons. The highest BCUT2D eigenvalue weighted by molar-refractivity contribution is 9.10. The van der Waals surface area contributed by atoms with Crippen molar-refractivity contribution in [3.05, 3.63) is 101 Å². The Labute approximate surface area is 228 Å². The summed E-state index contributed by atoms with van der Waals surface area (Å²) in [6.45, 7) is 0.357. The van der Waals surface area contributed by atoms with Crippen molar-refractivity contribution < 1.29 is 14.3 Å². The van der Waals surface area contributed by atoms with E-state index in [4.69, 9.17) is 51.1 Å². The molecule has 0 bridgehead atoms. The van der Waals surface area contributed by atoms with Gasteiger partial charge >= 0.3 is 0 Å². The Morgan fingerprint density at radius 2 is 1.62 bits per heavy atom. The molecule has 0 atom stereocenters. The van der Waals surface area contributed by atoms with Crippen molar-refractivity contribution in [3.63, 3.8) is 0 Å². The lowest BCUT2D eigenvalue weighted by Gasteiger charge is -2.13. The molecule has 4 nitrogen and oxygen atoms in total. The van der Waals surface area contributed by atoms with Gasteiger partial charge in [-0.1, -0.05) is 86.6 Å². The summed E-state index contributed by atoms with van der Waals surface area (Å²) in [5.74, 6) is -0.0773. The number of rotatable bonds is 6. The molecule has 0 aliphatic carbocycles. The van der Waals surface area contributed by atoms with Gasteiger partial charge in [0.25, 0.3) is 11.1 Å². The standard InChI is InChI=1S/C24H14BrCl4NO3S/c25-16-4-2-1-3-15(16)11-30-23(31)21(34-24(30)32)10-14-8-19(28)22(20(29)9-14)33-12-13-5-6-17(26)18(27)7-13/h1-10H,11-12H2/b21-10-. The summed E-state index contributed by atoms with van der Waals surface area (Å²) in [5, 5.41) is 1.07. The van der Waals surface area contributed by atoms with Gasteiger partial charge in [0.15, 0.2) is 5.75 Å². The average molecular weight is 618 g/mol. The van der Waals surface area contributed by atoms with E-state index in [1.165, 1.54) is 4.90 Å². The molecule has 1 fully saturated rings. The van der Waals surface area contributed by atoms with E-state index in [0.717, 1.165) is 27.4 Å². The van der Waals surface area contributed by atoms with Crippen molar-refractivity contribution in [2.24, 2.45) is 0 Å². The monoisotopic (exact) mass is 615 g/mol. The number of ether oxygens (including phenoxy) is 1. The molecule has 0 spiro atoms. The van der Waals surface area contributed by atoms with E-state index in [0.29, 0.717) is 21.4 Å². The molecule has 3 aromatic carbocycles. The third-order valence-electron chi connectivity index (χ3n) is 4.85. The van der Waals surface area contributed by atoms with E-state index >= 15 is 0 Å². The van der Waals surface area contributed by atoms with Crippen LogP contribution in [-0.2, 0) is 17.9 Å². The van der Waals surface area contributed by atoms with Crippen LogP contribution in [0.4, 0.5) is 4.79 Å². The minimum Gasteiger partial charge on any atom is -0.486 e. The zero-order chi connectivity index (χ0) is 24.4. The number of hydrogen-bond acceptors (Lipinski definition) is 4. The van der Waals surface area contributed by atoms with Crippen LogP contribution in [0.25, 0.3) is 6.08 Å². The van der Waals surface area contributed by atoms with Crippen molar-refractivity contribution in [2.75, 3.05) is 0 Å². The summed E-state index contributed by atoms with van der Waals surface area (Å²) < 4.78 is 6.61. The van der Waals surface area contributed by atoms with Crippen LogP contribution in [-0.4, -0.2) is 16.0 Å². The maximum absolute atomic E-state index is 12.9. The zero-order valence-electron chi connectivity index (χ0n) is 17.2. The summed E-state index contributed by atoms with van der Waals surface area (Å²) in [4.78, 5) is 26.8. The van der Waals surface area contributed by atoms with Gasteiger partial charge in [0.2, 0.25) is 0 Å². The zero-order valence-corrected chi connectivity index (χ0v) is 22.6. The second-order valence-corrected chi connectivity index (χ2v) is 10.7. The van der Waals surface area contributed by atoms with Crippen LogP contribution < -0.4 is 4.74 Å². The van der Waals surface area contributed by atoms with Gasteiger partial charge in [-0.25, -0.2) is 0 Å². The first-order valence-corrected chi connectivity index (χ1v) is 12.9. The molecular formula is C24H14BrCl4NO3S.